The van der Waals surface area contributed by atoms with E-state index in [4.69, 9.17) is 5.11 Å². The molecule has 1 aliphatic rings. The first-order valence-electron chi connectivity index (χ1n) is 6.27. The molecule has 0 radical (unpaired) electrons. The van der Waals surface area contributed by atoms with Crippen LogP contribution in [-0.4, -0.2) is 30.1 Å². The van der Waals surface area contributed by atoms with Gasteiger partial charge in [0, 0.05) is 19.1 Å². The van der Waals surface area contributed by atoms with Gasteiger partial charge in [0.05, 0.1) is 12.4 Å². The second kappa shape index (κ2) is 7.69. The Hall–Kier alpha value is -0.570. The van der Waals surface area contributed by atoms with E-state index in [1.54, 1.807) is 0 Å². The lowest BCUT2D eigenvalue weighted by molar-refractivity contribution is 0.274. The van der Waals surface area contributed by atoms with E-state index in [2.05, 4.69) is 17.2 Å². The van der Waals surface area contributed by atoms with Gasteiger partial charge < -0.3 is 10.4 Å². The molecule has 3 nitrogen and oxygen atoms in total. The van der Waals surface area contributed by atoms with Gasteiger partial charge in [0.2, 0.25) is 0 Å². The van der Waals surface area contributed by atoms with E-state index in [0.29, 0.717) is 6.04 Å². The number of aliphatic hydroxyl groups is 1. The maximum atomic E-state index is 8.80. The molecule has 0 aromatic rings. The lowest BCUT2D eigenvalue weighted by Gasteiger charge is -2.09. The molecule has 0 amide bonds. The number of nitrogens with one attached hydrogen (secondary N) is 1. The zero-order valence-corrected chi connectivity index (χ0v) is 9.84. The summed E-state index contributed by atoms with van der Waals surface area (Å²) in [7, 11) is 0. The highest BCUT2D eigenvalue weighted by Gasteiger charge is 2.15. The summed E-state index contributed by atoms with van der Waals surface area (Å²) in [5, 5.41) is 12.2. The van der Waals surface area contributed by atoms with Gasteiger partial charge in [0.1, 0.15) is 0 Å². The molecule has 88 valence electrons. The SMILES string of the molecule is CCCCCCCC1=NCC(CCO)N1. The van der Waals surface area contributed by atoms with E-state index in [9.17, 15) is 0 Å². The lowest BCUT2D eigenvalue weighted by atomic mass is 10.1. The Morgan fingerprint density at radius 2 is 2.13 bits per heavy atom. The molecule has 1 rings (SSSR count). The second-order valence-corrected chi connectivity index (χ2v) is 4.31. The first-order valence-corrected chi connectivity index (χ1v) is 6.27. The van der Waals surface area contributed by atoms with Crippen LogP contribution in [0.2, 0.25) is 0 Å². The molecule has 1 unspecified atom stereocenters. The molecule has 0 bridgehead atoms. The van der Waals surface area contributed by atoms with Gasteiger partial charge in [0.25, 0.3) is 0 Å². The van der Waals surface area contributed by atoms with Crippen molar-refractivity contribution < 1.29 is 5.11 Å². The molecule has 0 saturated carbocycles. The van der Waals surface area contributed by atoms with E-state index in [0.717, 1.165) is 25.2 Å². The molecule has 0 spiro atoms. The van der Waals surface area contributed by atoms with Crippen molar-refractivity contribution in [2.75, 3.05) is 13.2 Å². The topological polar surface area (TPSA) is 44.6 Å². The molecule has 0 fully saturated rings. The van der Waals surface area contributed by atoms with Crippen LogP contribution < -0.4 is 5.32 Å². The van der Waals surface area contributed by atoms with Crippen molar-refractivity contribution in [3.63, 3.8) is 0 Å². The van der Waals surface area contributed by atoms with Crippen molar-refractivity contribution in [3.8, 4) is 0 Å². The highest BCUT2D eigenvalue weighted by molar-refractivity contribution is 5.83. The van der Waals surface area contributed by atoms with Crippen molar-refractivity contribution in [2.24, 2.45) is 4.99 Å². The minimum absolute atomic E-state index is 0.261. The molecular weight excluding hydrogens is 188 g/mol. The fraction of sp³-hybridized carbons (Fsp3) is 0.917. The number of aliphatic hydroxyl groups excluding tert-OH is 1. The third-order valence-corrected chi connectivity index (χ3v) is 2.87. The second-order valence-electron chi connectivity index (χ2n) is 4.31. The van der Waals surface area contributed by atoms with Crippen LogP contribution in [0.5, 0.6) is 0 Å². The summed E-state index contributed by atoms with van der Waals surface area (Å²) in [6.07, 6.45) is 8.49. The van der Waals surface area contributed by atoms with E-state index >= 15 is 0 Å². The summed E-state index contributed by atoms with van der Waals surface area (Å²) in [6, 6.07) is 0.389. The summed E-state index contributed by atoms with van der Waals surface area (Å²) in [5.74, 6) is 1.16. The highest BCUT2D eigenvalue weighted by Crippen LogP contribution is 2.08. The normalized spacial score (nSPS) is 20.1. The van der Waals surface area contributed by atoms with Crippen LogP contribution in [0.1, 0.15) is 51.9 Å². The van der Waals surface area contributed by atoms with Crippen LogP contribution in [0.3, 0.4) is 0 Å². The zero-order valence-electron chi connectivity index (χ0n) is 9.84. The number of amidine groups is 1. The van der Waals surface area contributed by atoms with E-state index in [1.165, 1.54) is 32.1 Å². The first-order chi connectivity index (χ1) is 7.36. The minimum Gasteiger partial charge on any atom is -0.396 e. The van der Waals surface area contributed by atoms with Gasteiger partial charge in [-0.3, -0.25) is 4.99 Å². The van der Waals surface area contributed by atoms with E-state index in [-0.39, 0.29) is 6.61 Å². The predicted octanol–water partition coefficient (Wildman–Crippen LogP) is 2.10. The Morgan fingerprint density at radius 1 is 1.33 bits per heavy atom. The van der Waals surface area contributed by atoms with Crippen molar-refractivity contribution in [3.05, 3.63) is 0 Å². The van der Waals surface area contributed by atoms with Gasteiger partial charge in [-0.25, -0.2) is 0 Å². The van der Waals surface area contributed by atoms with Gasteiger partial charge in [-0.1, -0.05) is 32.6 Å². The molecule has 15 heavy (non-hydrogen) atoms. The highest BCUT2D eigenvalue weighted by atomic mass is 16.3. The standard InChI is InChI=1S/C12H24N2O/c1-2-3-4-5-6-7-12-13-10-11(14-12)8-9-15/h11,15H,2-10H2,1H3,(H,13,14). The first kappa shape index (κ1) is 12.5. The van der Waals surface area contributed by atoms with E-state index < -0.39 is 0 Å². The number of aliphatic imine (C=N–C) groups is 1. The monoisotopic (exact) mass is 212 g/mol. The molecule has 3 heteroatoms. The van der Waals surface area contributed by atoms with Crippen LogP contribution in [0, 0.1) is 0 Å². The lowest BCUT2D eigenvalue weighted by Crippen LogP contribution is -2.30. The third-order valence-electron chi connectivity index (χ3n) is 2.87. The van der Waals surface area contributed by atoms with Crippen molar-refractivity contribution in [1.82, 2.24) is 5.32 Å². The fourth-order valence-electron chi connectivity index (χ4n) is 1.91. The molecular formula is C12H24N2O. The van der Waals surface area contributed by atoms with Crippen molar-refractivity contribution in [2.45, 2.75) is 57.9 Å². The summed E-state index contributed by atoms with van der Waals surface area (Å²) < 4.78 is 0. The van der Waals surface area contributed by atoms with Gasteiger partial charge in [-0.15, -0.1) is 0 Å². The largest absolute Gasteiger partial charge is 0.396 e. The molecule has 2 N–H and O–H groups in total. The molecule has 1 atom stereocenters. The van der Waals surface area contributed by atoms with Crippen LogP contribution in [0.4, 0.5) is 0 Å². The maximum Gasteiger partial charge on any atom is 0.0966 e. The number of hydrogen-bond donors (Lipinski definition) is 2. The van der Waals surface area contributed by atoms with Gasteiger partial charge in [-0.2, -0.15) is 0 Å². The Labute approximate surface area is 93.0 Å². The zero-order chi connectivity index (χ0) is 10.9. The van der Waals surface area contributed by atoms with Crippen molar-refractivity contribution >= 4 is 5.84 Å². The minimum atomic E-state index is 0.261. The summed E-state index contributed by atoms with van der Waals surface area (Å²) in [6.45, 7) is 3.35. The number of nitrogens with zero attached hydrogens (tertiary/aromatic N) is 1. The average Bonchev–Trinajstić information content (AvgIpc) is 2.66. The number of rotatable bonds is 8. The smallest absolute Gasteiger partial charge is 0.0966 e. The predicted molar refractivity (Wildman–Crippen MR) is 64.3 cm³/mol. The van der Waals surface area contributed by atoms with Crippen molar-refractivity contribution in [1.29, 1.82) is 0 Å². The Balaban J connectivity index is 1.98. The quantitative estimate of drug-likeness (QED) is 0.605. The number of unbranched alkanes of at least 4 members (excludes halogenated alkanes) is 4. The molecule has 0 aromatic heterocycles. The Kier molecular flexibility index (Phi) is 6.41. The Morgan fingerprint density at radius 3 is 2.87 bits per heavy atom. The van der Waals surface area contributed by atoms with E-state index in [1.807, 2.05) is 0 Å². The van der Waals surface area contributed by atoms with Crippen LogP contribution in [0.25, 0.3) is 0 Å². The van der Waals surface area contributed by atoms with Gasteiger partial charge >= 0.3 is 0 Å². The Bertz CT molecular complexity index is 192. The van der Waals surface area contributed by atoms with Gasteiger partial charge in [0.15, 0.2) is 0 Å². The molecule has 1 heterocycles. The molecule has 0 saturated heterocycles. The average molecular weight is 212 g/mol. The maximum absolute atomic E-state index is 8.80. The molecule has 0 aromatic carbocycles. The van der Waals surface area contributed by atoms with Crippen LogP contribution in [0.15, 0.2) is 4.99 Å². The summed E-state index contributed by atoms with van der Waals surface area (Å²) in [5.41, 5.74) is 0. The third kappa shape index (κ3) is 5.17. The molecule has 0 aliphatic carbocycles. The molecule has 1 aliphatic heterocycles. The summed E-state index contributed by atoms with van der Waals surface area (Å²) in [4.78, 5) is 4.45. The fourth-order valence-corrected chi connectivity index (χ4v) is 1.91. The van der Waals surface area contributed by atoms with Crippen LogP contribution in [-0.2, 0) is 0 Å². The summed E-state index contributed by atoms with van der Waals surface area (Å²) >= 11 is 0. The van der Waals surface area contributed by atoms with Gasteiger partial charge in [-0.05, 0) is 12.8 Å². The number of hydrogen-bond acceptors (Lipinski definition) is 3. The van der Waals surface area contributed by atoms with Crippen LogP contribution >= 0.6 is 0 Å².